The molecular formula is C16H26N2O2. The molecule has 0 aliphatic carbocycles. The Balaban J connectivity index is 2.21. The molecule has 0 spiro atoms. The van der Waals surface area contributed by atoms with Gasteiger partial charge < -0.3 is 20.4 Å². The number of nitrogens with zero attached hydrogens (tertiary/aromatic N) is 1. The lowest BCUT2D eigenvalue weighted by Crippen LogP contribution is -2.35. The predicted octanol–water partition coefficient (Wildman–Crippen LogP) is 2.27. The SMILES string of the molecule is CCNC(C)c1ccc(N2CCC(C)C2CO)cc1O. The Bertz CT molecular complexity index is 450. The van der Waals surface area contributed by atoms with Gasteiger partial charge in [0.2, 0.25) is 0 Å². The minimum Gasteiger partial charge on any atom is -0.508 e. The van der Waals surface area contributed by atoms with Crippen molar-refractivity contribution in [1.29, 1.82) is 0 Å². The third kappa shape index (κ3) is 2.91. The molecule has 1 aliphatic heterocycles. The molecule has 0 radical (unpaired) electrons. The van der Waals surface area contributed by atoms with E-state index < -0.39 is 0 Å². The maximum atomic E-state index is 10.2. The fourth-order valence-corrected chi connectivity index (χ4v) is 3.10. The minimum absolute atomic E-state index is 0.139. The van der Waals surface area contributed by atoms with Crippen LogP contribution in [0.4, 0.5) is 5.69 Å². The van der Waals surface area contributed by atoms with Crippen LogP contribution in [-0.4, -0.2) is 36.0 Å². The van der Waals surface area contributed by atoms with Crippen LogP contribution in [0.15, 0.2) is 18.2 Å². The van der Waals surface area contributed by atoms with E-state index in [1.165, 1.54) is 0 Å². The second kappa shape index (κ2) is 6.46. The largest absolute Gasteiger partial charge is 0.508 e. The molecule has 0 aromatic heterocycles. The van der Waals surface area contributed by atoms with Gasteiger partial charge in [-0.25, -0.2) is 0 Å². The van der Waals surface area contributed by atoms with Crippen LogP contribution in [0.25, 0.3) is 0 Å². The molecule has 3 atom stereocenters. The molecule has 0 amide bonds. The number of rotatable bonds is 5. The number of aliphatic hydroxyl groups is 1. The Morgan fingerprint density at radius 3 is 2.80 bits per heavy atom. The van der Waals surface area contributed by atoms with Gasteiger partial charge in [0.1, 0.15) is 5.75 Å². The standard InChI is InChI=1S/C16H26N2O2/c1-4-17-12(3)14-6-5-13(9-16(14)20)18-8-7-11(2)15(18)10-19/h5-6,9,11-12,15,17,19-20H,4,7-8,10H2,1-3H3. The van der Waals surface area contributed by atoms with Crippen molar-refractivity contribution in [2.45, 2.75) is 39.3 Å². The summed E-state index contributed by atoms with van der Waals surface area (Å²) in [6.45, 7) is 8.25. The molecule has 0 bridgehead atoms. The van der Waals surface area contributed by atoms with Gasteiger partial charge in [-0.05, 0) is 31.9 Å². The zero-order chi connectivity index (χ0) is 14.7. The van der Waals surface area contributed by atoms with Gasteiger partial charge in [0.05, 0.1) is 12.6 Å². The van der Waals surface area contributed by atoms with Crippen LogP contribution in [0.3, 0.4) is 0 Å². The minimum atomic E-state index is 0.139. The summed E-state index contributed by atoms with van der Waals surface area (Å²) in [4.78, 5) is 2.20. The second-order valence-corrected chi connectivity index (χ2v) is 5.73. The Kier molecular flexibility index (Phi) is 4.89. The summed E-state index contributed by atoms with van der Waals surface area (Å²) < 4.78 is 0. The molecule has 112 valence electrons. The van der Waals surface area contributed by atoms with E-state index in [0.29, 0.717) is 11.7 Å². The molecule has 1 saturated heterocycles. The summed E-state index contributed by atoms with van der Waals surface area (Å²) in [5.41, 5.74) is 1.92. The summed E-state index contributed by atoms with van der Waals surface area (Å²) in [6, 6.07) is 6.15. The molecule has 20 heavy (non-hydrogen) atoms. The molecule has 4 heteroatoms. The van der Waals surface area contributed by atoms with Crippen molar-refractivity contribution in [3.05, 3.63) is 23.8 Å². The predicted molar refractivity (Wildman–Crippen MR) is 82.2 cm³/mol. The summed E-state index contributed by atoms with van der Waals surface area (Å²) >= 11 is 0. The van der Waals surface area contributed by atoms with Crippen molar-refractivity contribution in [2.75, 3.05) is 24.6 Å². The summed E-state index contributed by atoms with van der Waals surface area (Å²) in [5, 5.41) is 23.1. The first-order valence-corrected chi connectivity index (χ1v) is 7.52. The average molecular weight is 278 g/mol. The van der Waals surface area contributed by atoms with Crippen molar-refractivity contribution in [1.82, 2.24) is 5.32 Å². The molecule has 2 rings (SSSR count). The maximum Gasteiger partial charge on any atom is 0.122 e. The normalized spacial score (nSPS) is 24.1. The van der Waals surface area contributed by atoms with Gasteiger partial charge >= 0.3 is 0 Å². The zero-order valence-corrected chi connectivity index (χ0v) is 12.6. The second-order valence-electron chi connectivity index (χ2n) is 5.73. The highest BCUT2D eigenvalue weighted by Gasteiger charge is 2.31. The van der Waals surface area contributed by atoms with E-state index in [9.17, 15) is 10.2 Å². The van der Waals surface area contributed by atoms with Crippen LogP contribution in [-0.2, 0) is 0 Å². The molecule has 0 saturated carbocycles. The van der Waals surface area contributed by atoms with Crippen molar-refractivity contribution in [3.63, 3.8) is 0 Å². The van der Waals surface area contributed by atoms with E-state index in [2.05, 4.69) is 24.1 Å². The summed E-state index contributed by atoms with van der Waals surface area (Å²) in [7, 11) is 0. The lowest BCUT2D eigenvalue weighted by atomic mass is 10.0. The highest BCUT2D eigenvalue weighted by atomic mass is 16.3. The van der Waals surface area contributed by atoms with E-state index in [-0.39, 0.29) is 18.7 Å². The first kappa shape index (κ1) is 15.1. The monoisotopic (exact) mass is 278 g/mol. The molecule has 1 heterocycles. The van der Waals surface area contributed by atoms with Gasteiger partial charge in [0.15, 0.2) is 0 Å². The number of aliphatic hydroxyl groups excluding tert-OH is 1. The third-order valence-electron chi connectivity index (χ3n) is 4.39. The molecule has 1 aliphatic rings. The summed E-state index contributed by atoms with van der Waals surface area (Å²) in [6.07, 6.45) is 1.08. The topological polar surface area (TPSA) is 55.7 Å². The quantitative estimate of drug-likeness (QED) is 0.773. The Morgan fingerprint density at radius 1 is 1.45 bits per heavy atom. The van der Waals surface area contributed by atoms with Gasteiger partial charge in [0, 0.05) is 29.9 Å². The van der Waals surface area contributed by atoms with Gasteiger partial charge in [-0.2, -0.15) is 0 Å². The summed E-state index contributed by atoms with van der Waals surface area (Å²) in [5.74, 6) is 0.815. The number of phenols is 1. The van der Waals surface area contributed by atoms with Crippen LogP contribution < -0.4 is 10.2 Å². The number of phenolic OH excluding ortho intramolecular Hbond substituents is 1. The number of aromatic hydroxyl groups is 1. The van der Waals surface area contributed by atoms with Crippen LogP contribution >= 0.6 is 0 Å². The van der Waals surface area contributed by atoms with Gasteiger partial charge in [-0.3, -0.25) is 0 Å². The fraction of sp³-hybridized carbons (Fsp3) is 0.625. The van der Waals surface area contributed by atoms with Crippen LogP contribution in [0.1, 0.15) is 38.8 Å². The number of hydrogen-bond donors (Lipinski definition) is 3. The number of benzene rings is 1. The van der Waals surface area contributed by atoms with Crippen LogP contribution in [0.5, 0.6) is 5.75 Å². The van der Waals surface area contributed by atoms with Gasteiger partial charge in [0.25, 0.3) is 0 Å². The van der Waals surface area contributed by atoms with Gasteiger partial charge in [-0.1, -0.05) is 19.9 Å². The highest BCUT2D eigenvalue weighted by Crippen LogP contribution is 2.34. The Hall–Kier alpha value is -1.26. The smallest absolute Gasteiger partial charge is 0.122 e. The maximum absolute atomic E-state index is 10.2. The van der Waals surface area contributed by atoms with E-state index in [1.807, 2.05) is 25.1 Å². The molecule has 3 unspecified atom stereocenters. The lowest BCUT2D eigenvalue weighted by molar-refractivity contribution is 0.244. The number of nitrogens with one attached hydrogen (secondary N) is 1. The first-order chi connectivity index (χ1) is 9.58. The number of anilines is 1. The lowest BCUT2D eigenvalue weighted by Gasteiger charge is -2.28. The molecular weight excluding hydrogens is 252 g/mol. The van der Waals surface area contributed by atoms with Gasteiger partial charge in [-0.15, -0.1) is 0 Å². The Morgan fingerprint density at radius 2 is 2.20 bits per heavy atom. The highest BCUT2D eigenvalue weighted by molar-refractivity contribution is 5.55. The first-order valence-electron chi connectivity index (χ1n) is 7.52. The van der Waals surface area contributed by atoms with Crippen LogP contribution in [0, 0.1) is 5.92 Å². The van der Waals surface area contributed by atoms with E-state index in [4.69, 9.17) is 0 Å². The van der Waals surface area contributed by atoms with Crippen molar-refractivity contribution in [2.24, 2.45) is 5.92 Å². The van der Waals surface area contributed by atoms with E-state index in [1.54, 1.807) is 0 Å². The third-order valence-corrected chi connectivity index (χ3v) is 4.39. The Labute approximate surface area is 121 Å². The van der Waals surface area contributed by atoms with E-state index >= 15 is 0 Å². The molecule has 1 fully saturated rings. The number of hydrogen-bond acceptors (Lipinski definition) is 4. The van der Waals surface area contributed by atoms with Crippen molar-refractivity contribution >= 4 is 5.69 Å². The molecule has 1 aromatic rings. The van der Waals surface area contributed by atoms with Crippen molar-refractivity contribution in [3.8, 4) is 5.75 Å². The molecule has 1 aromatic carbocycles. The molecule has 4 nitrogen and oxygen atoms in total. The van der Waals surface area contributed by atoms with E-state index in [0.717, 1.165) is 30.8 Å². The van der Waals surface area contributed by atoms with Crippen molar-refractivity contribution < 1.29 is 10.2 Å². The molecule has 3 N–H and O–H groups in total. The van der Waals surface area contributed by atoms with Crippen LogP contribution in [0.2, 0.25) is 0 Å². The average Bonchev–Trinajstić information content (AvgIpc) is 2.79. The fourth-order valence-electron chi connectivity index (χ4n) is 3.10. The zero-order valence-electron chi connectivity index (χ0n) is 12.6.